The molecule has 0 heterocycles. The fourth-order valence-electron chi connectivity index (χ4n) is 7.55. The maximum absolute atomic E-state index is 3.98. The van der Waals surface area contributed by atoms with Crippen LogP contribution < -0.4 is 10.4 Å². The summed E-state index contributed by atoms with van der Waals surface area (Å²) in [6.45, 7) is 23.7. The zero-order chi connectivity index (χ0) is 33.4. The summed E-state index contributed by atoms with van der Waals surface area (Å²) in [6, 6.07) is 28.2. The van der Waals surface area contributed by atoms with Crippen LogP contribution in [0.25, 0.3) is 11.6 Å². The van der Waals surface area contributed by atoms with Crippen LogP contribution in [0.5, 0.6) is 0 Å². The first-order valence-corrected chi connectivity index (χ1v) is 18.2. The van der Waals surface area contributed by atoms with Gasteiger partial charge in [-0.25, -0.2) is 0 Å². The van der Waals surface area contributed by atoms with Crippen molar-refractivity contribution in [3.8, 4) is 0 Å². The average molecular weight is 683 g/mol. The van der Waals surface area contributed by atoms with Gasteiger partial charge in [0.25, 0.3) is 0 Å². The van der Waals surface area contributed by atoms with E-state index in [9.17, 15) is 0 Å². The van der Waals surface area contributed by atoms with Crippen molar-refractivity contribution in [3.05, 3.63) is 153 Å². The van der Waals surface area contributed by atoms with Crippen LogP contribution in [0.2, 0.25) is 0 Å². The molecule has 3 aromatic carbocycles. The molecule has 3 aromatic rings. The molecule has 0 nitrogen and oxygen atoms in total. The molecule has 1 atom stereocenters. The Kier molecular flexibility index (Phi) is 9.97. The van der Waals surface area contributed by atoms with Gasteiger partial charge >= 0.3 is 99.2 Å². The maximum atomic E-state index is 3.98. The SMILES string of the molecule is CC(C)C1=CC(C(C)C)(C(C)(C)C)C(C2=CC=CC2)=C2[C-]=c3cc(C(C)(C)C)ccc3=C12.[Zr]=[C](c1ccccc1)c1ccccc1. The van der Waals surface area contributed by atoms with E-state index in [2.05, 4.69) is 178 Å². The quantitative estimate of drug-likeness (QED) is 0.235. The molecule has 0 amide bonds. The van der Waals surface area contributed by atoms with Crippen molar-refractivity contribution in [1.29, 1.82) is 0 Å². The Bertz CT molecular complexity index is 1820. The minimum absolute atomic E-state index is 0.0365. The Morgan fingerprint density at radius 2 is 1.39 bits per heavy atom. The van der Waals surface area contributed by atoms with Gasteiger partial charge in [0.05, 0.1) is 0 Å². The van der Waals surface area contributed by atoms with Crippen molar-refractivity contribution >= 4 is 14.9 Å². The van der Waals surface area contributed by atoms with E-state index in [1.165, 1.54) is 82.4 Å². The molecule has 0 radical (unpaired) electrons. The summed E-state index contributed by atoms with van der Waals surface area (Å²) in [5, 5.41) is 2.63. The second-order valence-electron chi connectivity index (χ2n) is 15.7. The van der Waals surface area contributed by atoms with Gasteiger partial charge in [-0.3, -0.25) is 0 Å². The van der Waals surface area contributed by atoms with E-state index < -0.39 is 0 Å². The van der Waals surface area contributed by atoms with Crippen LogP contribution in [0.1, 0.15) is 92.3 Å². The molecule has 3 aliphatic rings. The summed E-state index contributed by atoms with van der Waals surface area (Å²) < 4.78 is 1.42. The standard InChI is InChI=1S/C32H41.C13H10.Zr/c1-20(2)27-19-32(21(3)4,31(8,9)10)29(22-13-11-12-14-22)26-18-23-17-24(30(5,6)7)15-16-25(23)28(26)27;1-3-7-12(8-4-1)11-13-9-5-2-6-10-13;/h11-13,15-17,19-21H,14H2,1-10H3;1-10H;/q-1;;. The number of benzene rings is 3. The third kappa shape index (κ3) is 6.47. The van der Waals surface area contributed by atoms with Crippen molar-refractivity contribution in [2.45, 2.75) is 81.1 Å². The van der Waals surface area contributed by atoms with Crippen LogP contribution >= 0.6 is 0 Å². The van der Waals surface area contributed by atoms with E-state index in [1.54, 1.807) is 0 Å². The van der Waals surface area contributed by atoms with Gasteiger partial charge in [0.1, 0.15) is 0 Å². The average Bonchev–Trinajstić information content (AvgIpc) is 3.68. The van der Waals surface area contributed by atoms with Crippen LogP contribution in [0.4, 0.5) is 0 Å². The molecule has 0 bridgehead atoms. The Morgan fingerprint density at radius 3 is 1.85 bits per heavy atom. The summed E-state index contributed by atoms with van der Waals surface area (Å²) in [4.78, 5) is 0. The molecule has 0 saturated heterocycles. The van der Waals surface area contributed by atoms with Gasteiger partial charge in [-0.1, -0.05) is 128 Å². The van der Waals surface area contributed by atoms with Crippen molar-refractivity contribution < 1.29 is 24.2 Å². The first kappa shape index (κ1) is 34.4. The summed E-state index contributed by atoms with van der Waals surface area (Å²) >= 11 is 1.46. The van der Waals surface area contributed by atoms with E-state index >= 15 is 0 Å². The van der Waals surface area contributed by atoms with Crippen LogP contribution in [-0.4, -0.2) is 3.21 Å². The summed E-state index contributed by atoms with van der Waals surface area (Å²) in [7, 11) is 0. The monoisotopic (exact) mass is 681 g/mol. The number of allylic oxidation sites excluding steroid dienone is 8. The summed E-state index contributed by atoms with van der Waals surface area (Å²) in [5.74, 6) is 0.949. The third-order valence-electron chi connectivity index (χ3n) is 9.99. The van der Waals surface area contributed by atoms with E-state index in [-0.39, 0.29) is 16.2 Å². The van der Waals surface area contributed by atoms with Gasteiger partial charge in [0.15, 0.2) is 0 Å². The molecule has 236 valence electrons. The zero-order valence-corrected chi connectivity index (χ0v) is 32.1. The topological polar surface area (TPSA) is 0 Å². The van der Waals surface area contributed by atoms with E-state index in [1.807, 2.05) is 0 Å². The number of hydrogen-bond acceptors (Lipinski definition) is 0. The molecule has 0 aromatic heterocycles. The van der Waals surface area contributed by atoms with Crippen LogP contribution in [0.15, 0.2) is 125 Å². The van der Waals surface area contributed by atoms with Crippen LogP contribution in [0.3, 0.4) is 0 Å². The van der Waals surface area contributed by atoms with Gasteiger partial charge in [0.2, 0.25) is 0 Å². The molecule has 0 fully saturated rings. The molecule has 0 aliphatic heterocycles. The summed E-state index contributed by atoms with van der Waals surface area (Å²) in [5.41, 5.74) is 11.5. The van der Waals surface area contributed by atoms with E-state index in [0.29, 0.717) is 11.8 Å². The van der Waals surface area contributed by atoms with E-state index in [0.717, 1.165) is 6.42 Å². The second-order valence-corrected chi connectivity index (χ2v) is 16.9. The Morgan fingerprint density at radius 1 is 0.804 bits per heavy atom. The Balaban J connectivity index is 0.000000247. The van der Waals surface area contributed by atoms with Gasteiger partial charge < -0.3 is 0 Å². The van der Waals surface area contributed by atoms with Crippen molar-refractivity contribution in [2.75, 3.05) is 0 Å². The van der Waals surface area contributed by atoms with Gasteiger partial charge in [-0.05, 0) is 34.5 Å². The predicted octanol–water partition coefficient (Wildman–Crippen LogP) is 10.1. The first-order valence-electron chi connectivity index (χ1n) is 17.0. The number of rotatable bonds is 5. The molecule has 1 unspecified atom stereocenters. The zero-order valence-electron chi connectivity index (χ0n) is 29.7. The first-order chi connectivity index (χ1) is 21.7. The fourth-order valence-corrected chi connectivity index (χ4v) is 8.37. The number of hydrogen-bond donors (Lipinski definition) is 0. The van der Waals surface area contributed by atoms with Gasteiger partial charge in [0, 0.05) is 0 Å². The third-order valence-corrected chi connectivity index (χ3v) is 11.4. The van der Waals surface area contributed by atoms with Crippen molar-refractivity contribution in [2.24, 2.45) is 22.7 Å². The normalized spacial score (nSPS) is 18.9. The van der Waals surface area contributed by atoms with Crippen LogP contribution in [-0.2, 0) is 29.7 Å². The van der Waals surface area contributed by atoms with Crippen molar-refractivity contribution in [1.82, 2.24) is 0 Å². The summed E-state index contributed by atoms with van der Waals surface area (Å²) in [6.07, 6.45) is 14.6. The Hall–Kier alpha value is -2.89. The molecule has 6 rings (SSSR count). The van der Waals surface area contributed by atoms with Crippen molar-refractivity contribution in [3.63, 3.8) is 0 Å². The molecular formula is C45H51Zr-. The predicted molar refractivity (Wildman–Crippen MR) is 196 cm³/mol. The number of fused-ring (bicyclic) bond motifs is 2. The van der Waals surface area contributed by atoms with Gasteiger partial charge in [-0.15, -0.1) is 33.7 Å². The molecular weight excluding hydrogens is 632 g/mol. The molecule has 1 heteroatoms. The molecule has 0 spiro atoms. The van der Waals surface area contributed by atoms with Gasteiger partial charge in [-0.2, -0.15) is 0 Å². The molecule has 0 saturated carbocycles. The second kappa shape index (κ2) is 13.3. The van der Waals surface area contributed by atoms with E-state index in [4.69, 9.17) is 0 Å². The minimum atomic E-state index is -0.0365. The Labute approximate surface area is 293 Å². The molecule has 46 heavy (non-hydrogen) atoms. The molecule has 0 N–H and O–H groups in total. The van der Waals surface area contributed by atoms with Crippen LogP contribution in [0, 0.1) is 22.7 Å². The molecule has 3 aliphatic carbocycles. The fraction of sp³-hybridized carbons (Fsp3) is 0.356.